The molecule has 1 aromatic carbocycles. The highest BCUT2D eigenvalue weighted by atomic mass is 28.3. The highest BCUT2D eigenvalue weighted by Crippen LogP contribution is 2.32. The summed E-state index contributed by atoms with van der Waals surface area (Å²) >= 11 is 0. The molecule has 0 unspecified atom stereocenters. The van der Waals surface area contributed by atoms with Crippen LogP contribution in [0, 0.1) is 5.92 Å². The molecule has 130 valence electrons. The van der Waals surface area contributed by atoms with E-state index in [2.05, 4.69) is 6.92 Å². The van der Waals surface area contributed by atoms with Crippen LogP contribution in [0.4, 0.5) is 13.2 Å². The van der Waals surface area contributed by atoms with E-state index in [-0.39, 0.29) is 0 Å². The van der Waals surface area contributed by atoms with E-state index >= 15 is 0 Å². The summed E-state index contributed by atoms with van der Waals surface area (Å²) in [6.07, 6.45) is 4.71. The van der Waals surface area contributed by atoms with E-state index in [0.29, 0.717) is 0 Å². The van der Waals surface area contributed by atoms with Gasteiger partial charge < -0.3 is 0 Å². The molecular formula is C19H29F3Si. The van der Waals surface area contributed by atoms with Crippen LogP contribution in [0.25, 0.3) is 0 Å². The third kappa shape index (κ3) is 6.32. The van der Waals surface area contributed by atoms with Gasteiger partial charge >= 0.3 is 6.18 Å². The summed E-state index contributed by atoms with van der Waals surface area (Å²) < 4.78 is 37.6. The van der Waals surface area contributed by atoms with Gasteiger partial charge in [-0.2, -0.15) is 13.2 Å². The lowest BCUT2D eigenvalue weighted by atomic mass is 9.94. The number of hydrogen-bond donors (Lipinski definition) is 0. The van der Waals surface area contributed by atoms with Gasteiger partial charge in [0, 0.05) is 8.80 Å². The smallest absolute Gasteiger partial charge is 0.166 e. The van der Waals surface area contributed by atoms with Gasteiger partial charge in [0.15, 0.2) is 0 Å². The molecule has 1 fully saturated rings. The highest BCUT2D eigenvalue weighted by molar-refractivity contribution is 6.58. The molecule has 0 amide bonds. The Labute approximate surface area is 140 Å². The lowest BCUT2D eigenvalue weighted by molar-refractivity contribution is -0.137. The summed E-state index contributed by atoms with van der Waals surface area (Å²) in [5, 5.41) is 0. The molecule has 1 aromatic rings. The van der Waals surface area contributed by atoms with Gasteiger partial charge in [0.2, 0.25) is 0 Å². The monoisotopic (exact) mass is 342 g/mol. The number of benzene rings is 1. The van der Waals surface area contributed by atoms with Crippen molar-refractivity contribution >= 4 is 8.80 Å². The highest BCUT2D eigenvalue weighted by Gasteiger charge is 2.30. The van der Waals surface area contributed by atoms with Gasteiger partial charge in [-0.05, 0) is 36.5 Å². The summed E-state index contributed by atoms with van der Waals surface area (Å²) in [5.74, 6) is 0.798. The average Bonchev–Trinajstić information content (AvgIpc) is 2.54. The van der Waals surface area contributed by atoms with Gasteiger partial charge in [-0.1, -0.05) is 69.3 Å². The molecule has 0 atom stereocenters. The van der Waals surface area contributed by atoms with Gasteiger partial charge in [0.05, 0.1) is 5.56 Å². The molecule has 23 heavy (non-hydrogen) atoms. The first kappa shape index (κ1) is 18.6. The normalized spacial score (nSPS) is 22.3. The van der Waals surface area contributed by atoms with Crippen molar-refractivity contribution in [2.75, 3.05) is 0 Å². The molecular weight excluding hydrogens is 313 g/mol. The molecule has 0 nitrogen and oxygen atoms in total. The molecule has 0 aromatic heterocycles. The van der Waals surface area contributed by atoms with Gasteiger partial charge in [-0.25, -0.2) is 0 Å². The fraction of sp³-hybridized carbons (Fsp3) is 0.684. The van der Waals surface area contributed by atoms with Crippen LogP contribution in [0.2, 0.25) is 18.1 Å². The van der Waals surface area contributed by atoms with Crippen LogP contribution in [0.1, 0.15) is 56.6 Å². The fourth-order valence-corrected chi connectivity index (χ4v) is 7.34. The Morgan fingerprint density at radius 3 is 2.26 bits per heavy atom. The van der Waals surface area contributed by atoms with Crippen LogP contribution in [0.3, 0.4) is 0 Å². The predicted molar refractivity (Wildman–Crippen MR) is 93.6 cm³/mol. The number of hydrogen-bond acceptors (Lipinski definition) is 0. The molecule has 2 rings (SSSR count). The minimum atomic E-state index is -4.22. The zero-order chi connectivity index (χ0) is 16.7. The predicted octanol–water partition coefficient (Wildman–Crippen LogP) is 6.47. The van der Waals surface area contributed by atoms with Crippen molar-refractivity contribution < 1.29 is 13.2 Å². The molecule has 4 heteroatoms. The third-order valence-corrected chi connectivity index (χ3v) is 8.83. The molecule has 1 aliphatic heterocycles. The minimum absolute atomic E-state index is 0.446. The number of unbranched alkanes of at least 4 members (excludes halogenated alkanes) is 2. The van der Waals surface area contributed by atoms with Gasteiger partial charge in [0.25, 0.3) is 0 Å². The lowest BCUT2D eigenvalue weighted by Gasteiger charge is -2.27. The summed E-state index contributed by atoms with van der Waals surface area (Å²) in [7, 11) is -0.446. The second-order valence-corrected chi connectivity index (χ2v) is 10.6. The summed E-state index contributed by atoms with van der Waals surface area (Å²) in [6, 6.07) is 10.2. The fourth-order valence-electron chi connectivity index (χ4n) is 3.72. The maximum Gasteiger partial charge on any atom is 0.416 e. The number of aryl methyl sites for hydroxylation is 1. The van der Waals surface area contributed by atoms with Gasteiger partial charge in [-0.3, -0.25) is 0 Å². The molecule has 1 aliphatic rings. The maximum atomic E-state index is 12.5. The number of halogens is 3. The van der Waals surface area contributed by atoms with E-state index in [1.807, 2.05) is 0 Å². The average molecular weight is 343 g/mol. The standard InChI is InChI=1S/C19H29F3Si/c1-2-3-4-13-23-14-11-17(12-15-23)6-5-16-7-9-18(10-8-16)19(20,21)22/h7-10,17,23H,2-6,11-15H2,1H3. The van der Waals surface area contributed by atoms with E-state index in [9.17, 15) is 13.2 Å². The minimum Gasteiger partial charge on any atom is -0.166 e. The molecule has 0 bridgehead atoms. The van der Waals surface area contributed by atoms with Gasteiger partial charge in [0.1, 0.15) is 0 Å². The van der Waals surface area contributed by atoms with Crippen molar-refractivity contribution in [3.05, 3.63) is 35.4 Å². The topological polar surface area (TPSA) is 0 Å². The van der Waals surface area contributed by atoms with Crippen LogP contribution in [0.5, 0.6) is 0 Å². The third-order valence-electron chi connectivity index (χ3n) is 5.30. The number of alkyl halides is 3. The first-order chi connectivity index (χ1) is 11.0. The second kappa shape index (κ2) is 8.91. The van der Waals surface area contributed by atoms with Crippen LogP contribution in [0.15, 0.2) is 24.3 Å². The van der Waals surface area contributed by atoms with Crippen molar-refractivity contribution in [3.8, 4) is 0 Å². The first-order valence-corrected chi connectivity index (χ1v) is 11.6. The largest absolute Gasteiger partial charge is 0.416 e. The quantitative estimate of drug-likeness (QED) is 0.394. The van der Waals surface area contributed by atoms with E-state index in [0.717, 1.165) is 24.3 Å². The molecule has 0 saturated carbocycles. The molecule has 0 N–H and O–H groups in total. The summed E-state index contributed by atoms with van der Waals surface area (Å²) in [5.41, 5.74) is 0.500. The lowest BCUT2D eigenvalue weighted by Crippen LogP contribution is -2.21. The molecule has 0 radical (unpaired) electrons. The van der Waals surface area contributed by atoms with Crippen LogP contribution in [-0.4, -0.2) is 8.80 Å². The first-order valence-electron chi connectivity index (χ1n) is 9.15. The summed E-state index contributed by atoms with van der Waals surface area (Å²) in [4.78, 5) is 0. The van der Waals surface area contributed by atoms with Crippen molar-refractivity contribution in [2.24, 2.45) is 5.92 Å². The molecule has 1 heterocycles. The van der Waals surface area contributed by atoms with Crippen molar-refractivity contribution in [1.29, 1.82) is 0 Å². The van der Waals surface area contributed by atoms with Crippen LogP contribution in [-0.2, 0) is 12.6 Å². The molecule has 0 spiro atoms. The Kier molecular flexibility index (Phi) is 7.19. The van der Waals surface area contributed by atoms with E-state index in [4.69, 9.17) is 0 Å². The van der Waals surface area contributed by atoms with Crippen molar-refractivity contribution in [3.63, 3.8) is 0 Å². The van der Waals surface area contributed by atoms with Crippen LogP contribution < -0.4 is 0 Å². The molecule has 0 aliphatic carbocycles. The zero-order valence-electron chi connectivity index (χ0n) is 14.2. The Balaban J connectivity index is 1.69. The Bertz CT molecular complexity index is 445. The maximum absolute atomic E-state index is 12.5. The SMILES string of the molecule is CCCCC[SiH]1CCC(CCc2ccc(C(F)(F)F)cc2)CC1. The van der Waals surface area contributed by atoms with Crippen LogP contribution >= 0.6 is 0 Å². The second-order valence-electron chi connectivity index (χ2n) is 7.12. The Morgan fingerprint density at radius 2 is 1.70 bits per heavy atom. The zero-order valence-corrected chi connectivity index (χ0v) is 15.3. The summed E-state index contributed by atoms with van der Waals surface area (Å²) in [6.45, 7) is 2.26. The van der Waals surface area contributed by atoms with Crippen molar-refractivity contribution in [2.45, 2.75) is 76.2 Å². The van der Waals surface area contributed by atoms with Crippen molar-refractivity contribution in [1.82, 2.24) is 0 Å². The molecule has 1 saturated heterocycles. The Morgan fingerprint density at radius 1 is 1.04 bits per heavy atom. The van der Waals surface area contributed by atoms with E-state index in [1.54, 1.807) is 12.1 Å². The van der Waals surface area contributed by atoms with E-state index < -0.39 is 20.5 Å². The number of rotatable bonds is 7. The van der Waals surface area contributed by atoms with E-state index in [1.165, 1.54) is 62.4 Å². The Hall–Kier alpha value is -0.773. The van der Waals surface area contributed by atoms with Gasteiger partial charge in [-0.15, -0.1) is 0 Å².